The van der Waals surface area contributed by atoms with Crippen LogP contribution >= 0.6 is 0 Å². The van der Waals surface area contributed by atoms with Crippen LogP contribution in [0.15, 0.2) is 4.99 Å². The minimum absolute atomic E-state index is 0.326. The lowest BCUT2D eigenvalue weighted by Crippen LogP contribution is -2.36. The zero-order valence-corrected chi connectivity index (χ0v) is 9.36. The van der Waals surface area contributed by atoms with Crippen LogP contribution in [-0.2, 0) is 4.74 Å². The molecule has 0 aromatic heterocycles. The summed E-state index contributed by atoms with van der Waals surface area (Å²) in [6, 6.07) is 1.77. The zero-order chi connectivity index (χ0) is 10.1. The molecule has 0 aromatic rings. The first kappa shape index (κ1) is 9.81. The van der Waals surface area contributed by atoms with Gasteiger partial charge in [-0.05, 0) is 33.1 Å². The normalized spacial score (nSPS) is 34.9. The number of fused-ring (bicyclic) bond motifs is 1. The summed E-state index contributed by atoms with van der Waals surface area (Å²) in [6.07, 6.45) is 5.52. The van der Waals surface area contributed by atoms with Crippen molar-refractivity contribution in [1.29, 1.82) is 0 Å². The van der Waals surface area contributed by atoms with E-state index in [9.17, 15) is 0 Å². The van der Waals surface area contributed by atoms with Gasteiger partial charge in [0, 0.05) is 13.1 Å². The van der Waals surface area contributed by atoms with Gasteiger partial charge in [0.15, 0.2) is 0 Å². The SMILES string of the molecule is CC(C)N=C1OC2CCCCC2N1C. The zero-order valence-electron chi connectivity index (χ0n) is 9.36. The first-order valence-electron chi connectivity index (χ1n) is 5.66. The Hall–Kier alpha value is -0.730. The second-order valence-corrected chi connectivity index (χ2v) is 4.62. The van der Waals surface area contributed by atoms with E-state index in [2.05, 4.69) is 30.8 Å². The molecule has 3 nitrogen and oxygen atoms in total. The lowest BCUT2D eigenvalue weighted by Gasteiger charge is -2.25. The van der Waals surface area contributed by atoms with Gasteiger partial charge in [-0.2, -0.15) is 0 Å². The van der Waals surface area contributed by atoms with Gasteiger partial charge in [-0.15, -0.1) is 0 Å². The van der Waals surface area contributed by atoms with Crippen molar-refractivity contribution in [3.63, 3.8) is 0 Å². The lowest BCUT2D eigenvalue weighted by molar-refractivity contribution is 0.146. The van der Waals surface area contributed by atoms with E-state index in [1.807, 2.05) is 0 Å². The third-order valence-corrected chi connectivity index (χ3v) is 3.09. The van der Waals surface area contributed by atoms with E-state index in [0.29, 0.717) is 18.2 Å². The Morgan fingerprint density at radius 2 is 2.07 bits per heavy atom. The van der Waals surface area contributed by atoms with E-state index in [1.165, 1.54) is 25.7 Å². The summed E-state index contributed by atoms with van der Waals surface area (Å²) >= 11 is 0. The third kappa shape index (κ3) is 1.72. The molecule has 1 aliphatic carbocycles. The van der Waals surface area contributed by atoms with E-state index in [-0.39, 0.29) is 0 Å². The minimum atomic E-state index is 0.326. The lowest BCUT2D eigenvalue weighted by atomic mass is 9.93. The summed E-state index contributed by atoms with van der Waals surface area (Å²) < 4.78 is 5.86. The summed E-state index contributed by atoms with van der Waals surface area (Å²) in [5.41, 5.74) is 0. The topological polar surface area (TPSA) is 24.8 Å². The Balaban J connectivity index is 2.10. The highest BCUT2D eigenvalue weighted by molar-refractivity contribution is 5.76. The average molecular weight is 196 g/mol. The maximum atomic E-state index is 5.86. The molecule has 2 atom stereocenters. The highest BCUT2D eigenvalue weighted by Crippen LogP contribution is 2.30. The van der Waals surface area contributed by atoms with Gasteiger partial charge in [-0.3, -0.25) is 0 Å². The van der Waals surface area contributed by atoms with E-state index in [4.69, 9.17) is 4.74 Å². The molecule has 2 aliphatic rings. The molecule has 14 heavy (non-hydrogen) atoms. The molecule has 0 aromatic carbocycles. The van der Waals surface area contributed by atoms with E-state index in [1.54, 1.807) is 0 Å². The van der Waals surface area contributed by atoms with E-state index >= 15 is 0 Å². The molecular weight excluding hydrogens is 176 g/mol. The molecule has 0 radical (unpaired) electrons. The average Bonchev–Trinajstić information content (AvgIpc) is 2.44. The molecule has 0 amide bonds. The van der Waals surface area contributed by atoms with Gasteiger partial charge in [0.2, 0.25) is 0 Å². The van der Waals surface area contributed by atoms with Gasteiger partial charge >= 0.3 is 0 Å². The Kier molecular flexibility index (Phi) is 2.66. The number of aliphatic imine (C=N–C) groups is 1. The van der Waals surface area contributed by atoms with Crippen molar-refractivity contribution < 1.29 is 4.74 Å². The summed E-state index contributed by atoms with van der Waals surface area (Å²) in [5.74, 6) is 0. The number of hydrogen-bond acceptors (Lipinski definition) is 2. The molecule has 3 heteroatoms. The number of rotatable bonds is 1. The Bertz CT molecular complexity index is 237. The van der Waals surface area contributed by atoms with Crippen LogP contribution in [0.3, 0.4) is 0 Å². The Labute approximate surface area is 86.1 Å². The molecule has 1 heterocycles. The van der Waals surface area contributed by atoms with Crippen LogP contribution < -0.4 is 0 Å². The Morgan fingerprint density at radius 1 is 1.36 bits per heavy atom. The number of ether oxygens (including phenoxy) is 1. The molecule has 2 fully saturated rings. The van der Waals surface area contributed by atoms with Crippen molar-refractivity contribution in [1.82, 2.24) is 4.90 Å². The Morgan fingerprint density at radius 3 is 2.71 bits per heavy atom. The summed E-state index contributed by atoms with van der Waals surface area (Å²) in [7, 11) is 2.11. The van der Waals surface area contributed by atoms with Crippen molar-refractivity contribution in [3.05, 3.63) is 0 Å². The predicted octanol–water partition coefficient (Wildman–Crippen LogP) is 2.02. The second-order valence-electron chi connectivity index (χ2n) is 4.62. The van der Waals surface area contributed by atoms with Crippen LogP contribution in [0.4, 0.5) is 0 Å². The van der Waals surface area contributed by atoms with Crippen LogP contribution in [0.2, 0.25) is 0 Å². The maximum absolute atomic E-state index is 5.86. The number of likely N-dealkylation sites (N-methyl/N-ethyl adjacent to an activating group) is 1. The third-order valence-electron chi connectivity index (χ3n) is 3.09. The fourth-order valence-corrected chi connectivity index (χ4v) is 2.36. The molecule has 0 N–H and O–H groups in total. The van der Waals surface area contributed by atoms with Crippen LogP contribution in [0.1, 0.15) is 39.5 Å². The van der Waals surface area contributed by atoms with Gasteiger partial charge in [-0.25, -0.2) is 4.99 Å². The van der Waals surface area contributed by atoms with Crippen LogP contribution in [0, 0.1) is 0 Å². The highest BCUT2D eigenvalue weighted by atomic mass is 16.5. The van der Waals surface area contributed by atoms with Gasteiger partial charge in [0.05, 0.1) is 6.04 Å². The molecular formula is C11H20N2O. The molecule has 2 unspecified atom stereocenters. The maximum Gasteiger partial charge on any atom is 0.288 e. The minimum Gasteiger partial charge on any atom is -0.460 e. The van der Waals surface area contributed by atoms with Crippen molar-refractivity contribution in [2.45, 2.75) is 57.7 Å². The van der Waals surface area contributed by atoms with E-state index < -0.39 is 0 Å². The fourth-order valence-electron chi connectivity index (χ4n) is 2.36. The smallest absolute Gasteiger partial charge is 0.288 e. The largest absolute Gasteiger partial charge is 0.460 e. The quantitative estimate of drug-likeness (QED) is 0.641. The van der Waals surface area contributed by atoms with Crippen molar-refractivity contribution in [2.24, 2.45) is 4.99 Å². The van der Waals surface area contributed by atoms with E-state index in [0.717, 1.165) is 6.02 Å². The van der Waals surface area contributed by atoms with Gasteiger partial charge in [-0.1, -0.05) is 6.42 Å². The molecule has 1 saturated heterocycles. The highest BCUT2D eigenvalue weighted by Gasteiger charge is 2.39. The number of amidine groups is 1. The van der Waals surface area contributed by atoms with Crippen LogP contribution in [0.5, 0.6) is 0 Å². The molecule has 80 valence electrons. The molecule has 1 saturated carbocycles. The van der Waals surface area contributed by atoms with Crippen molar-refractivity contribution >= 4 is 6.02 Å². The monoisotopic (exact) mass is 196 g/mol. The predicted molar refractivity (Wildman–Crippen MR) is 57.5 cm³/mol. The first-order chi connectivity index (χ1) is 6.68. The summed E-state index contributed by atoms with van der Waals surface area (Å²) in [5, 5.41) is 0. The van der Waals surface area contributed by atoms with Gasteiger partial charge in [0.1, 0.15) is 6.10 Å². The van der Waals surface area contributed by atoms with Crippen LogP contribution in [-0.4, -0.2) is 36.2 Å². The van der Waals surface area contributed by atoms with Crippen molar-refractivity contribution in [2.75, 3.05) is 7.05 Å². The molecule has 0 spiro atoms. The van der Waals surface area contributed by atoms with Gasteiger partial charge < -0.3 is 9.64 Å². The summed E-state index contributed by atoms with van der Waals surface area (Å²) in [4.78, 5) is 6.73. The first-order valence-corrected chi connectivity index (χ1v) is 5.66. The fraction of sp³-hybridized carbons (Fsp3) is 0.909. The van der Waals surface area contributed by atoms with Crippen LogP contribution in [0.25, 0.3) is 0 Å². The molecule has 1 aliphatic heterocycles. The molecule has 2 rings (SSSR count). The van der Waals surface area contributed by atoms with Gasteiger partial charge in [0.25, 0.3) is 6.02 Å². The standard InChI is InChI=1S/C11H20N2O/c1-8(2)12-11-13(3)9-6-4-5-7-10(9)14-11/h8-10H,4-7H2,1-3H3. The number of hydrogen-bond donors (Lipinski definition) is 0. The van der Waals surface area contributed by atoms with Crippen molar-refractivity contribution in [3.8, 4) is 0 Å². The molecule has 0 bridgehead atoms. The second kappa shape index (κ2) is 3.79. The number of nitrogens with zero attached hydrogens (tertiary/aromatic N) is 2. The summed E-state index contributed by atoms with van der Waals surface area (Å²) in [6.45, 7) is 4.18.